The number of rotatable bonds is 5. The average Bonchev–Trinajstić information content (AvgIpc) is 3.22. The van der Waals surface area contributed by atoms with Gasteiger partial charge in [-0.25, -0.2) is 0 Å². The molecule has 1 N–H and O–H groups in total. The van der Waals surface area contributed by atoms with Gasteiger partial charge in [0.25, 0.3) is 5.91 Å². The number of hydrogen-bond donors (Lipinski definition) is 1. The second-order valence-corrected chi connectivity index (χ2v) is 5.68. The van der Waals surface area contributed by atoms with Crippen molar-refractivity contribution in [3.63, 3.8) is 0 Å². The summed E-state index contributed by atoms with van der Waals surface area (Å²) in [5, 5.41) is 2.97. The van der Waals surface area contributed by atoms with Crippen molar-refractivity contribution in [2.75, 3.05) is 39.3 Å². The van der Waals surface area contributed by atoms with E-state index in [0.717, 1.165) is 32.5 Å². The third kappa shape index (κ3) is 3.64. The Hall–Kier alpha value is -1.82. The molecule has 2 heterocycles. The van der Waals surface area contributed by atoms with Crippen LogP contribution in [-0.4, -0.2) is 60.9 Å². The van der Waals surface area contributed by atoms with Gasteiger partial charge in [-0.1, -0.05) is 0 Å². The van der Waals surface area contributed by atoms with Crippen molar-refractivity contribution in [3.8, 4) is 0 Å². The molecule has 1 saturated carbocycles. The van der Waals surface area contributed by atoms with Gasteiger partial charge in [-0.3, -0.25) is 14.5 Å². The zero-order valence-electron chi connectivity index (χ0n) is 12.1. The van der Waals surface area contributed by atoms with Crippen LogP contribution in [0.15, 0.2) is 22.8 Å². The average molecular weight is 291 g/mol. The highest BCUT2D eigenvalue weighted by molar-refractivity contribution is 5.91. The molecule has 0 aromatic carbocycles. The van der Waals surface area contributed by atoms with Gasteiger partial charge in [0.05, 0.1) is 6.26 Å². The Labute approximate surface area is 124 Å². The van der Waals surface area contributed by atoms with Gasteiger partial charge in [-0.05, 0) is 25.0 Å². The maximum absolute atomic E-state index is 12.1. The first-order chi connectivity index (χ1) is 10.2. The highest BCUT2D eigenvalue weighted by atomic mass is 16.3. The van der Waals surface area contributed by atoms with E-state index in [1.807, 2.05) is 4.90 Å². The summed E-state index contributed by atoms with van der Waals surface area (Å²) in [7, 11) is 0. The van der Waals surface area contributed by atoms with E-state index in [-0.39, 0.29) is 17.7 Å². The summed E-state index contributed by atoms with van der Waals surface area (Å²) in [6.07, 6.45) is 3.60. The van der Waals surface area contributed by atoms with E-state index >= 15 is 0 Å². The quantitative estimate of drug-likeness (QED) is 0.861. The molecule has 1 aliphatic heterocycles. The number of amides is 2. The highest BCUT2D eigenvalue weighted by Crippen LogP contribution is 2.28. The molecule has 6 heteroatoms. The Kier molecular flexibility index (Phi) is 4.24. The van der Waals surface area contributed by atoms with E-state index in [2.05, 4.69) is 10.2 Å². The molecule has 0 bridgehead atoms. The predicted molar refractivity (Wildman–Crippen MR) is 76.8 cm³/mol. The van der Waals surface area contributed by atoms with E-state index in [1.165, 1.54) is 6.26 Å². The lowest BCUT2D eigenvalue weighted by Gasteiger charge is -2.34. The molecule has 21 heavy (non-hydrogen) atoms. The highest BCUT2D eigenvalue weighted by Gasteiger charge is 2.29. The fraction of sp³-hybridized carbons (Fsp3) is 0.600. The fourth-order valence-corrected chi connectivity index (χ4v) is 2.56. The number of hydrogen-bond acceptors (Lipinski definition) is 4. The molecule has 2 aliphatic rings. The van der Waals surface area contributed by atoms with Crippen LogP contribution in [0.1, 0.15) is 23.4 Å². The van der Waals surface area contributed by atoms with Crippen LogP contribution in [0, 0.1) is 5.92 Å². The topological polar surface area (TPSA) is 65.8 Å². The molecule has 114 valence electrons. The largest absolute Gasteiger partial charge is 0.459 e. The van der Waals surface area contributed by atoms with Crippen molar-refractivity contribution in [3.05, 3.63) is 24.2 Å². The molecule has 2 amide bonds. The second-order valence-electron chi connectivity index (χ2n) is 5.68. The summed E-state index contributed by atoms with van der Waals surface area (Å²) >= 11 is 0. The molecule has 0 unspecified atom stereocenters. The molecule has 1 aromatic heterocycles. The van der Waals surface area contributed by atoms with Crippen LogP contribution in [-0.2, 0) is 4.79 Å². The van der Waals surface area contributed by atoms with E-state index in [1.54, 1.807) is 12.1 Å². The maximum Gasteiger partial charge on any atom is 0.289 e. The van der Waals surface area contributed by atoms with Crippen molar-refractivity contribution >= 4 is 11.8 Å². The molecule has 2 fully saturated rings. The molecular weight excluding hydrogens is 270 g/mol. The lowest BCUT2D eigenvalue weighted by atomic mass is 10.3. The molecule has 0 spiro atoms. The minimum atomic E-state index is -0.0401. The summed E-state index contributed by atoms with van der Waals surface area (Å²) in [4.78, 5) is 27.7. The zero-order chi connectivity index (χ0) is 14.7. The van der Waals surface area contributed by atoms with Crippen LogP contribution in [0.25, 0.3) is 0 Å². The van der Waals surface area contributed by atoms with Gasteiger partial charge in [0, 0.05) is 45.2 Å². The number of carbonyl (C=O) groups is 2. The molecule has 0 atom stereocenters. The Balaban J connectivity index is 1.36. The Morgan fingerprint density at radius 2 is 2.00 bits per heavy atom. The van der Waals surface area contributed by atoms with Gasteiger partial charge in [-0.2, -0.15) is 0 Å². The maximum atomic E-state index is 12.1. The molecular formula is C15H21N3O3. The van der Waals surface area contributed by atoms with Gasteiger partial charge >= 0.3 is 0 Å². The molecule has 0 radical (unpaired) electrons. The first kappa shape index (κ1) is 14.1. The van der Waals surface area contributed by atoms with E-state index < -0.39 is 0 Å². The predicted octanol–water partition coefficient (Wildman–Crippen LogP) is 0.564. The van der Waals surface area contributed by atoms with Gasteiger partial charge < -0.3 is 14.6 Å². The monoisotopic (exact) mass is 291 g/mol. The smallest absolute Gasteiger partial charge is 0.289 e. The van der Waals surface area contributed by atoms with Crippen molar-refractivity contribution in [2.24, 2.45) is 5.92 Å². The third-order valence-corrected chi connectivity index (χ3v) is 4.07. The second kappa shape index (κ2) is 6.30. The standard InChI is InChI=1S/C15H21N3O3/c19-14(12-3-4-12)16-5-6-17-7-9-18(10-8-17)15(20)13-2-1-11-21-13/h1-2,11-12H,3-10H2,(H,16,19). The first-order valence-electron chi connectivity index (χ1n) is 7.57. The molecule has 1 saturated heterocycles. The third-order valence-electron chi connectivity index (χ3n) is 4.07. The van der Waals surface area contributed by atoms with Crippen LogP contribution >= 0.6 is 0 Å². The summed E-state index contributed by atoms with van der Waals surface area (Å²) in [5.74, 6) is 0.830. The van der Waals surface area contributed by atoms with Crippen molar-refractivity contribution in [2.45, 2.75) is 12.8 Å². The molecule has 6 nitrogen and oxygen atoms in total. The SMILES string of the molecule is O=C(NCCN1CCN(C(=O)c2ccco2)CC1)C1CC1. The minimum Gasteiger partial charge on any atom is -0.459 e. The summed E-state index contributed by atoms with van der Waals surface area (Å²) < 4.78 is 5.14. The number of piperazine rings is 1. The van der Waals surface area contributed by atoms with Crippen molar-refractivity contribution in [1.29, 1.82) is 0 Å². The molecule has 1 aliphatic carbocycles. The lowest BCUT2D eigenvalue weighted by Crippen LogP contribution is -2.50. The zero-order valence-corrected chi connectivity index (χ0v) is 12.1. The Morgan fingerprint density at radius 1 is 1.24 bits per heavy atom. The Morgan fingerprint density at radius 3 is 2.62 bits per heavy atom. The minimum absolute atomic E-state index is 0.0401. The summed E-state index contributed by atoms with van der Waals surface area (Å²) in [6, 6.07) is 3.42. The lowest BCUT2D eigenvalue weighted by molar-refractivity contribution is -0.122. The van der Waals surface area contributed by atoms with Crippen LogP contribution in [0.2, 0.25) is 0 Å². The number of furan rings is 1. The van der Waals surface area contributed by atoms with Gasteiger partial charge in [0.2, 0.25) is 5.91 Å². The molecule has 3 rings (SSSR count). The van der Waals surface area contributed by atoms with E-state index in [0.29, 0.717) is 25.4 Å². The fourth-order valence-electron chi connectivity index (χ4n) is 2.56. The van der Waals surface area contributed by atoms with Gasteiger partial charge in [0.15, 0.2) is 5.76 Å². The Bertz CT molecular complexity index is 488. The van der Waals surface area contributed by atoms with Crippen molar-refractivity contribution in [1.82, 2.24) is 15.1 Å². The van der Waals surface area contributed by atoms with Crippen LogP contribution < -0.4 is 5.32 Å². The van der Waals surface area contributed by atoms with E-state index in [9.17, 15) is 9.59 Å². The summed E-state index contributed by atoms with van der Waals surface area (Å²) in [6.45, 7) is 4.63. The van der Waals surface area contributed by atoms with Crippen LogP contribution in [0.4, 0.5) is 0 Å². The molecule has 1 aromatic rings. The van der Waals surface area contributed by atoms with E-state index in [4.69, 9.17) is 4.42 Å². The first-order valence-corrected chi connectivity index (χ1v) is 7.57. The number of carbonyl (C=O) groups excluding carboxylic acids is 2. The number of nitrogens with one attached hydrogen (secondary N) is 1. The van der Waals surface area contributed by atoms with Crippen LogP contribution in [0.3, 0.4) is 0 Å². The van der Waals surface area contributed by atoms with Gasteiger partial charge in [-0.15, -0.1) is 0 Å². The van der Waals surface area contributed by atoms with Crippen molar-refractivity contribution < 1.29 is 14.0 Å². The normalized spacial score (nSPS) is 19.5. The number of nitrogens with zero attached hydrogens (tertiary/aromatic N) is 2. The van der Waals surface area contributed by atoms with Crippen LogP contribution in [0.5, 0.6) is 0 Å². The summed E-state index contributed by atoms with van der Waals surface area (Å²) in [5.41, 5.74) is 0. The van der Waals surface area contributed by atoms with Gasteiger partial charge in [0.1, 0.15) is 0 Å².